The van der Waals surface area contributed by atoms with Gasteiger partial charge in [-0.3, -0.25) is 0 Å². The molecule has 0 aliphatic carbocycles. The first-order chi connectivity index (χ1) is 9.47. The van der Waals surface area contributed by atoms with Crippen LogP contribution >= 0.6 is 11.6 Å². The van der Waals surface area contributed by atoms with Gasteiger partial charge in [0.15, 0.2) is 0 Å². The van der Waals surface area contributed by atoms with Gasteiger partial charge in [0.1, 0.15) is 17.5 Å². The molecule has 106 valence electrons. The maximum atomic E-state index is 14.4. The number of hydrogen-bond donors (Lipinski definition) is 0. The van der Waals surface area contributed by atoms with Gasteiger partial charge in [0.2, 0.25) is 0 Å². The minimum Gasteiger partial charge on any atom is -0.207 e. The number of hydrogen-bond acceptors (Lipinski definition) is 0. The van der Waals surface area contributed by atoms with E-state index in [0.29, 0.717) is 17.0 Å². The van der Waals surface area contributed by atoms with Crippen LogP contribution in [0.2, 0.25) is 5.02 Å². The van der Waals surface area contributed by atoms with Crippen molar-refractivity contribution in [2.24, 2.45) is 0 Å². The summed E-state index contributed by atoms with van der Waals surface area (Å²) in [7, 11) is 0. The lowest BCUT2D eigenvalue weighted by Gasteiger charge is -2.17. The molecule has 0 heterocycles. The van der Waals surface area contributed by atoms with Crippen molar-refractivity contribution in [2.45, 2.75) is 26.2 Å². The first-order valence-corrected chi connectivity index (χ1v) is 6.75. The molecule has 4 heteroatoms. The third-order valence-electron chi connectivity index (χ3n) is 3.47. The highest BCUT2D eigenvalue weighted by molar-refractivity contribution is 6.31. The van der Waals surface area contributed by atoms with Crippen LogP contribution in [-0.4, -0.2) is 0 Å². The fourth-order valence-electron chi connectivity index (χ4n) is 2.35. The van der Waals surface area contributed by atoms with Gasteiger partial charge in [-0.05, 0) is 30.2 Å². The molecule has 2 rings (SSSR count). The van der Waals surface area contributed by atoms with Crippen molar-refractivity contribution in [3.8, 4) is 0 Å². The molecule has 1 unspecified atom stereocenters. The molecule has 0 radical (unpaired) electrons. The lowest BCUT2D eigenvalue weighted by atomic mass is 9.90. The van der Waals surface area contributed by atoms with Gasteiger partial charge >= 0.3 is 0 Å². The largest absolute Gasteiger partial charge is 0.207 e. The number of rotatable bonds is 3. The van der Waals surface area contributed by atoms with Gasteiger partial charge < -0.3 is 0 Å². The van der Waals surface area contributed by atoms with Crippen LogP contribution in [0, 0.1) is 17.5 Å². The lowest BCUT2D eigenvalue weighted by Crippen LogP contribution is -2.07. The van der Waals surface area contributed by atoms with Crippen molar-refractivity contribution < 1.29 is 13.2 Å². The van der Waals surface area contributed by atoms with Gasteiger partial charge in [-0.2, -0.15) is 0 Å². The molecule has 0 N–H and O–H groups in total. The minimum absolute atomic E-state index is 0.129. The minimum atomic E-state index is -0.723. The summed E-state index contributed by atoms with van der Waals surface area (Å²) in [5, 5.41) is 0.329. The van der Waals surface area contributed by atoms with E-state index in [4.69, 9.17) is 11.6 Å². The fraction of sp³-hybridized carbons (Fsp3) is 0.250. The van der Waals surface area contributed by atoms with E-state index in [1.165, 1.54) is 24.3 Å². The van der Waals surface area contributed by atoms with Crippen molar-refractivity contribution in [3.05, 3.63) is 69.5 Å². The van der Waals surface area contributed by atoms with Crippen molar-refractivity contribution in [3.63, 3.8) is 0 Å². The summed E-state index contributed by atoms with van der Waals surface area (Å²) in [6.45, 7) is 3.36. The van der Waals surface area contributed by atoms with E-state index in [9.17, 15) is 13.2 Å². The molecule has 1 atom stereocenters. The Labute approximate surface area is 121 Å². The summed E-state index contributed by atoms with van der Waals surface area (Å²) in [5.41, 5.74) is 0.485. The van der Waals surface area contributed by atoms with Crippen molar-refractivity contribution in [1.29, 1.82) is 0 Å². The Morgan fingerprint density at radius 1 is 1.05 bits per heavy atom. The Morgan fingerprint density at radius 2 is 1.65 bits per heavy atom. The zero-order valence-electron chi connectivity index (χ0n) is 11.2. The second-order valence-electron chi connectivity index (χ2n) is 4.64. The normalized spacial score (nSPS) is 12.5. The zero-order chi connectivity index (χ0) is 14.9. The molecule has 0 saturated heterocycles. The standard InChI is InChI=1S/C16H14ClF3/c1-3-10-12(17)8-7-11(16(10)20)9(2)15-13(18)5-4-6-14(15)19/h4-9H,3H2,1-2H3. The highest BCUT2D eigenvalue weighted by Crippen LogP contribution is 2.33. The summed E-state index contributed by atoms with van der Waals surface area (Å²) in [4.78, 5) is 0. The van der Waals surface area contributed by atoms with E-state index in [1.807, 2.05) is 0 Å². The predicted octanol–water partition coefficient (Wildman–Crippen LogP) is 5.47. The van der Waals surface area contributed by atoms with Crippen LogP contribution in [0.5, 0.6) is 0 Å². The van der Waals surface area contributed by atoms with Gasteiger partial charge in [-0.1, -0.05) is 37.6 Å². The summed E-state index contributed by atoms with van der Waals surface area (Å²) in [5.74, 6) is -2.57. The lowest BCUT2D eigenvalue weighted by molar-refractivity contribution is 0.535. The Bertz CT molecular complexity index is 618. The molecule has 0 aliphatic heterocycles. The molecule has 0 aliphatic rings. The van der Waals surface area contributed by atoms with E-state index in [-0.39, 0.29) is 11.1 Å². The molecule has 2 aromatic rings. The van der Waals surface area contributed by atoms with Crippen LogP contribution in [0.15, 0.2) is 30.3 Å². The average Bonchev–Trinajstić information content (AvgIpc) is 2.39. The highest BCUT2D eigenvalue weighted by atomic mass is 35.5. The molecule has 0 fully saturated rings. The van der Waals surface area contributed by atoms with Crippen molar-refractivity contribution in [2.75, 3.05) is 0 Å². The summed E-state index contributed by atoms with van der Waals surface area (Å²) in [6.07, 6.45) is 0.422. The number of halogens is 4. The molecule has 0 amide bonds. The average molecular weight is 299 g/mol. The van der Waals surface area contributed by atoms with Crippen molar-refractivity contribution >= 4 is 11.6 Å². The first-order valence-electron chi connectivity index (χ1n) is 6.38. The maximum Gasteiger partial charge on any atom is 0.131 e. The molecular formula is C16H14ClF3. The van der Waals surface area contributed by atoms with Gasteiger partial charge in [0.25, 0.3) is 0 Å². The fourth-order valence-corrected chi connectivity index (χ4v) is 2.63. The molecule has 20 heavy (non-hydrogen) atoms. The maximum absolute atomic E-state index is 14.4. The smallest absolute Gasteiger partial charge is 0.131 e. The zero-order valence-corrected chi connectivity index (χ0v) is 11.9. The van der Waals surface area contributed by atoms with Gasteiger partial charge in [0, 0.05) is 22.1 Å². The molecule has 0 saturated carbocycles. The van der Waals surface area contributed by atoms with Gasteiger partial charge in [0.05, 0.1) is 0 Å². The Hall–Kier alpha value is -1.48. The third kappa shape index (κ3) is 2.55. The SMILES string of the molecule is CCc1c(Cl)ccc(C(C)c2c(F)cccc2F)c1F. The van der Waals surface area contributed by atoms with Crippen LogP contribution in [0.25, 0.3) is 0 Å². The molecular weight excluding hydrogens is 285 g/mol. The Morgan fingerprint density at radius 3 is 2.20 bits per heavy atom. The molecule has 0 nitrogen and oxygen atoms in total. The van der Waals surface area contributed by atoms with Crippen LogP contribution in [0.3, 0.4) is 0 Å². The highest BCUT2D eigenvalue weighted by Gasteiger charge is 2.22. The van der Waals surface area contributed by atoms with Gasteiger partial charge in [-0.15, -0.1) is 0 Å². The molecule has 0 spiro atoms. The quantitative estimate of drug-likeness (QED) is 0.704. The number of benzene rings is 2. The Balaban J connectivity index is 2.57. The molecule has 2 aromatic carbocycles. The summed E-state index contributed by atoms with van der Waals surface area (Å²) in [6, 6.07) is 6.67. The van der Waals surface area contributed by atoms with E-state index < -0.39 is 23.4 Å². The predicted molar refractivity (Wildman–Crippen MR) is 74.7 cm³/mol. The van der Waals surface area contributed by atoms with E-state index >= 15 is 0 Å². The van der Waals surface area contributed by atoms with E-state index in [0.717, 1.165) is 0 Å². The topological polar surface area (TPSA) is 0 Å². The van der Waals surface area contributed by atoms with E-state index in [1.54, 1.807) is 19.9 Å². The van der Waals surface area contributed by atoms with Gasteiger partial charge in [-0.25, -0.2) is 13.2 Å². The summed E-state index contributed by atoms with van der Waals surface area (Å²) < 4.78 is 42.0. The van der Waals surface area contributed by atoms with E-state index in [2.05, 4.69) is 0 Å². The first kappa shape index (κ1) is 14.9. The van der Waals surface area contributed by atoms with Crippen LogP contribution in [0.1, 0.15) is 36.5 Å². The third-order valence-corrected chi connectivity index (χ3v) is 3.82. The molecule has 0 bridgehead atoms. The van der Waals surface area contributed by atoms with Crippen LogP contribution < -0.4 is 0 Å². The van der Waals surface area contributed by atoms with Crippen molar-refractivity contribution in [1.82, 2.24) is 0 Å². The Kier molecular flexibility index (Phi) is 4.39. The summed E-state index contributed by atoms with van der Waals surface area (Å²) >= 11 is 5.93. The second kappa shape index (κ2) is 5.88. The van der Waals surface area contributed by atoms with Crippen LogP contribution in [0.4, 0.5) is 13.2 Å². The monoisotopic (exact) mass is 298 g/mol. The van der Waals surface area contributed by atoms with Crippen LogP contribution in [-0.2, 0) is 6.42 Å². The molecule has 0 aromatic heterocycles. The second-order valence-corrected chi connectivity index (χ2v) is 5.05.